The minimum atomic E-state index is -0.361. The van der Waals surface area contributed by atoms with E-state index in [1.807, 2.05) is 31.2 Å². The molecule has 0 radical (unpaired) electrons. The van der Waals surface area contributed by atoms with Gasteiger partial charge in [0.1, 0.15) is 12.4 Å². The molecular formula is C19H26N4O2. The molecule has 6 heteroatoms. The van der Waals surface area contributed by atoms with E-state index >= 15 is 0 Å². The molecule has 1 aliphatic carbocycles. The SMILES string of the molecule is CCC(OC1CCCCC1)C(=O)NCc1cccc(-c2ncn[nH]2)c1. The molecule has 0 bridgehead atoms. The molecule has 1 atom stereocenters. The molecule has 3 rings (SSSR count). The molecule has 1 aliphatic rings. The minimum absolute atomic E-state index is 0.0295. The zero-order valence-electron chi connectivity index (χ0n) is 14.7. The summed E-state index contributed by atoms with van der Waals surface area (Å²) in [5.41, 5.74) is 1.98. The second-order valence-corrected chi connectivity index (χ2v) is 6.55. The summed E-state index contributed by atoms with van der Waals surface area (Å²) in [6.45, 7) is 2.48. The summed E-state index contributed by atoms with van der Waals surface area (Å²) in [7, 11) is 0. The van der Waals surface area contributed by atoms with Crippen molar-refractivity contribution in [3.8, 4) is 11.4 Å². The molecule has 1 fully saturated rings. The Morgan fingerprint density at radius 2 is 2.20 bits per heavy atom. The number of nitrogens with zero attached hydrogens (tertiary/aromatic N) is 2. The van der Waals surface area contributed by atoms with Gasteiger partial charge in [0.05, 0.1) is 6.10 Å². The summed E-state index contributed by atoms with van der Waals surface area (Å²) >= 11 is 0. The van der Waals surface area contributed by atoms with Crippen molar-refractivity contribution < 1.29 is 9.53 Å². The Balaban J connectivity index is 1.54. The number of H-pyrrole nitrogens is 1. The van der Waals surface area contributed by atoms with Crippen molar-refractivity contribution in [2.24, 2.45) is 0 Å². The van der Waals surface area contributed by atoms with E-state index in [-0.39, 0.29) is 18.1 Å². The molecule has 1 aromatic heterocycles. The summed E-state index contributed by atoms with van der Waals surface area (Å²) in [5, 5.41) is 9.72. The number of aromatic amines is 1. The molecule has 1 heterocycles. The van der Waals surface area contributed by atoms with E-state index in [0.717, 1.165) is 29.8 Å². The topological polar surface area (TPSA) is 79.9 Å². The van der Waals surface area contributed by atoms with Crippen LogP contribution in [0, 0.1) is 0 Å². The number of rotatable bonds is 7. The Morgan fingerprint density at radius 3 is 2.92 bits per heavy atom. The average molecular weight is 342 g/mol. The molecule has 1 unspecified atom stereocenters. The van der Waals surface area contributed by atoms with Gasteiger partial charge in [0.25, 0.3) is 0 Å². The summed E-state index contributed by atoms with van der Waals surface area (Å²) < 4.78 is 6.04. The monoisotopic (exact) mass is 342 g/mol. The van der Waals surface area contributed by atoms with E-state index in [0.29, 0.717) is 13.0 Å². The third kappa shape index (κ3) is 4.89. The van der Waals surface area contributed by atoms with Crippen molar-refractivity contribution in [2.75, 3.05) is 0 Å². The molecule has 0 aliphatic heterocycles. The van der Waals surface area contributed by atoms with Gasteiger partial charge in [0.15, 0.2) is 5.82 Å². The Labute approximate surface area is 148 Å². The largest absolute Gasteiger partial charge is 0.365 e. The highest BCUT2D eigenvalue weighted by atomic mass is 16.5. The Hall–Kier alpha value is -2.21. The molecule has 1 saturated carbocycles. The molecule has 134 valence electrons. The predicted octanol–water partition coefficient (Wildman–Crippen LogP) is 3.22. The first-order valence-electron chi connectivity index (χ1n) is 9.14. The van der Waals surface area contributed by atoms with E-state index < -0.39 is 0 Å². The Morgan fingerprint density at radius 1 is 1.36 bits per heavy atom. The van der Waals surface area contributed by atoms with Crippen LogP contribution in [0.25, 0.3) is 11.4 Å². The highest BCUT2D eigenvalue weighted by Gasteiger charge is 2.23. The summed E-state index contributed by atoms with van der Waals surface area (Å²) in [6.07, 6.45) is 7.89. The number of carbonyl (C=O) groups is 1. The zero-order chi connectivity index (χ0) is 17.5. The van der Waals surface area contributed by atoms with Crippen molar-refractivity contribution in [3.63, 3.8) is 0 Å². The van der Waals surface area contributed by atoms with E-state index in [2.05, 4.69) is 20.5 Å². The second-order valence-electron chi connectivity index (χ2n) is 6.55. The number of hydrogen-bond acceptors (Lipinski definition) is 4. The van der Waals surface area contributed by atoms with Crippen LogP contribution in [0.5, 0.6) is 0 Å². The molecule has 0 spiro atoms. The molecular weight excluding hydrogens is 316 g/mol. The fourth-order valence-corrected chi connectivity index (χ4v) is 3.25. The third-order valence-electron chi connectivity index (χ3n) is 4.65. The molecule has 0 saturated heterocycles. The molecule has 6 nitrogen and oxygen atoms in total. The van der Waals surface area contributed by atoms with Gasteiger partial charge < -0.3 is 10.1 Å². The van der Waals surface area contributed by atoms with Crippen molar-refractivity contribution in [3.05, 3.63) is 36.2 Å². The minimum Gasteiger partial charge on any atom is -0.365 e. The number of benzene rings is 1. The highest BCUT2D eigenvalue weighted by Crippen LogP contribution is 2.22. The van der Waals surface area contributed by atoms with E-state index in [9.17, 15) is 4.79 Å². The van der Waals surface area contributed by atoms with Crippen LogP contribution in [-0.2, 0) is 16.1 Å². The quantitative estimate of drug-likeness (QED) is 0.810. The van der Waals surface area contributed by atoms with Crippen LogP contribution in [0.4, 0.5) is 0 Å². The maximum absolute atomic E-state index is 12.5. The van der Waals surface area contributed by atoms with Gasteiger partial charge in [-0.1, -0.05) is 44.4 Å². The van der Waals surface area contributed by atoms with E-state index in [4.69, 9.17) is 4.74 Å². The van der Waals surface area contributed by atoms with Gasteiger partial charge in [0.2, 0.25) is 5.91 Å². The number of amides is 1. The van der Waals surface area contributed by atoms with Crippen LogP contribution in [0.15, 0.2) is 30.6 Å². The molecule has 2 N–H and O–H groups in total. The number of nitrogens with one attached hydrogen (secondary N) is 2. The maximum Gasteiger partial charge on any atom is 0.249 e. The van der Waals surface area contributed by atoms with E-state index in [1.54, 1.807) is 0 Å². The van der Waals surface area contributed by atoms with Crippen LogP contribution >= 0.6 is 0 Å². The van der Waals surface area contributed by atoms with Gasteiger partial charge in [-0.25, -0.2) is 4.98 Å². The molecule has 1 aromatic carbocycles. The van der Waals surface area contributed by atoms with Gasteiger partial charge in [-0.05, 0) is 30.9 Å². The molecule has 25 heavy (non-hydrogen) atoms. The number of hydrogen-bond donors (Lipinski definition) is 2. The van der Waals surface area contributed by atoms with Gasteiger partial charge >= 0.3 is 0 Å². The predicted molar refractivity (Wildman–Crippen MR) is 95.7 cm³/mol. The van der Waals surface area contributed by atoms with Crippen LogP contribution < -0.4 is 5.32 Å². The van der Waals surface area contributed by atoms with Crippen molar-refractivity contribution in [1.29, 1.82) is 0 Å². The molecule has 2 aromatic rings. The lowest BCUT2D eigenvalue weighted by Crippen LogP contribution is -2.38. The van der Waals surface area contributed by atoms with Gasteiger partial charge in [-0.3, -0.25) is 9.89 Å². The fraction of sp³-hybridized carbons (Fsp3) is 0.526. The summed E-state index contributed by atoms with van der Waals surface area (Å²) in [5.74, 6) is 0.693. The lowest BCUT2D eigenvalue weighted by atomic mass is 9.97. The van der Waals surface area contributed by atoms with Crippen molar-refractivity contribution in [2.45, 2.75) is 64.2 Å². The average Bonchev–Trinajstić information content (AvgIpc) is 3.20. The first-order valence-corrected chi connectivity index (χ1v) is 9.14. The third-order valence-corrected chi connectivity index (χ3v) is 4.65. The lowest BCUT2D eigenvalue weighted by Gasteiger charge is -2.26. The second kappa shape index (κ2) is 8.76. The lowest BCUT2D eigenvalue weighted by molar-refractivity contribution is -0.138. The van der Waals surface area contributed by atoms with Crippen LogP contribution in [0.2, 0.25) is 0 Å². The molecule has 1 amide bonds. The van der Waals surface area contributed by atoms with Crippen LogP contribution in [-0.4, -0.2) is 33.3 Å². The highest BCUT2D eigenvalue weighted by molar-refractivity contribution is 5.80. The standard InChI is InChI=1S/C19H26N4O2/c1-2-17(25-16-9-4-3-5-10-16)19(24)20-12-14-7-6-8-15(11-14)18-21-13-22-23-18/h6-8,11,13,16-17H,2-5,9-10,12H2,1H3,(H,20,24)(H,21,22,23). The van der Waals surface area contributed by atoms with E-state index in [1.165, 1.54) is 25.6 Å². The summed E-state index contributed by atoms with van der Waals surface area (Å²) in [4.78, 5) is 16.6. The van der Waals surface area contributed by atoms with Crippen molar-refractivity contribution >= 4 is 5.91 Å². The van der Waals surface area contributed by atoms with Crippen LogP contribution in [0.1, 0.15) is 51.0 Å². The Kier molecular flexibility index (Phi) is 6.17. The van der Waals surface area contributed by atoms with Gasteiger partial charge in [-0.2, -0.15) is 5.10 Å². The number of carbonyl (C=O) groups excluding carboxylic acids is 1. The fourth-order valence-electron chi connectivity index (χ4n) is 3.25. The number of ether oxygens (including phenoxy) is 1. The number of aromatic nitrogens is 3. The van der Waals surface area contributed by atoms with Crippen molar-refractivity contribution in [1.82, 2.24) is 20.5 Å². The zero-order valence-corrected chi connectivity index (χ0v) is 14.7. The van der Waals surface area contributed by atoms with Gasteiger partial charge in [-0.15, -0.1) is 0 Å². The smallest absolute Gasteiger partial charge is 0.249 e. The summed E-state index contributed by atoms with van der Waals surface area (Å²) in [6, 6.07) is 7.91. The first-order chi connectivity index (χ1) is 12.3. The Bertz CT molecular complexity index is 666. The normalized spacial score (nSPS) is 16.5. The van der Waals surface area contributed by atoms with Crippen LogP contribution in [0.3, 0.4) is 0 Å². The maximum atomic E-state index is 12.5. The first kappa shape index (κ1) is 17.6. The van der Waals surface area contributed by atoms with Gasteiger partial charge in [0, 0.05) is 12.1 Å².